The van der Waals surface area contributed by atoms with Crippen molar-refractivity contribution in [3.63, 3.8) is 0 Å². The smallest absolute Gasteiger partial charge is 0.303 e. The Morgan fingerprint density at radius 1 is 1.23 bits per heavy atom. The lowest BCUT2D eigenvalue weighted by atomic mass is 10.1. The highest BCUT2D eigenvalue weighted by molar-refractivity contribution is 6.32. The van der Waals surface area contributed by atoms with E-state index in [0.29, 0.717) is 46.8 Å². The molecule has 1 N–H and O–H groups in total. The van der Waals surface area contributed by atoms with Crippen LogP contribution in [-0.4, -0.2) is 33.9 Å². The predicted molar refractivity (Wildman–Crippen MR) is 113 cm³/mol. The number of rotatable bonds is 9. The van der Waals surface area contributed by atoms with E-state index in [-0.39, 0.29) is 12.5 Å². The van der Waals surface area contributed by atoms with E-state index in [0.717, 1.165) is 11.1 Å². The molecule has 1 heterocycles. The molecule has 7 nitrogen and oxygen atoms in total. The molecule has 2 aromatic carbocycles. The van der Waals surface area contributed by atoms with Crippen LogP contribution in [0.25, 0.3) is 22.8 Å². The van der Waals surface area contributed by atoms with Gasteiger partial charge in [0.15, 0.2) is 0 Å². The zero-order valence-electron chi connectivity index (χ0n) is 17.0. The molecular weight excluding hydrogens is 408 g/mol. The van der Waals surface area contributed by atoms with E-state index in [9.17, 15) is 4.79 Å². The second kappa shape index (κ2) is 9.63. The van der Waals surface area contributed by atoms with Crippen molar-refractivity contribution in [2.75, 3.05) is 6.61 Å². The van der Waals surface area contributed by atoms with Crippen LogP contribution in [0.2, 0.25) is 5.02 Å². The molecule has 3 rings (SSSR count). The maximum Gasteiger partial charge on any atom is 0.303 e. The minimum atomic E-state index is -0.832. The van der Waals surface area contributed by atoms with Crippen molar-refractivity contribution in [3.05, 3.63) is 47.0 Å². The third-order valence-electron chi connectivity index (χ3n) is 4.21. The molecule has 0 spiro atoms. The van der Waals surface area contributed by atoms with Crippen LogP contribution in [0.1, 0.15) is 32.3 Å². The van der Waals surface area contributed by atoms with E-state index in [1.807, 2.05) is 39.0 Å². The zero-order chi connectivity index (χ0) is 21.7. The zero-order valence-corrected chi connectivity index (χ0v) is 17.8. The van der Waals surface area contributed by atoms with Gasteiger partial charge in [-0.05, 0) is 69.2 Å². The first-order valence-corrected chi connectivity index (χ1v) is 9.97. The molecule has 0 saturated heterocycles. The number of ether oxygens (including phenoxy) is 2. The van der Waals surface area contributed by atoms with Crippen molar-refractivity contribution in [1.29, 1.82) is 0 Å². The van der Waals surface area contributed by atoms with Gasteiger partial charge >= 0.3 is 5.97 Å². The number of halogens is 1. The second-order valence-corrected chi connectivity index (χ2v) is 7.46. The Hall–Kier alpha value is -3.06. The fourth-order valence-corrected chi connectivity index (χ4v) is 3.05. The third kappa shape index (κ3) is 5.51. The molecule has 0 unspecified atom stereocenters. The molecule has 8 heteroatoms. The Kier molecular flexibility index (Phi) is 6.95. The Morgan fingerprint density at radius 3 is 2.70 bits per heavy atom. The molecular formula is C22H23ClN2O5. The van der Waals surface area contributed by atoms with E-state index in [1.165, 1.54) is 0 Å². The van der Waals surface area contributed by atoms with Crippen LogP contribution in [0, 0.1) is 6.92 Å². The van der Waals surface area contributed by atoms with E-state index < -0.39 is 5.97 Å². The lowest BCUT2D eigenvalue weighted by molar-refractivity contribution is -0.137. The first kappa shape index (κ1) is 21.6. The number of aryl methyl sites for hydroxylation is 1. The standard InChI is InChI=1S/C22H23ClN2O5/c1-13(2)29-19-9-6-15(12-18(19)23)22-24-21(25-30-22)17-8-7-16(11-14(17)3)28-10-4-5-20(26)27/h6-9,11-13H,4-5,10H2,1-3H3,(H,26,27). The van der Waals surface area contributed by atoms with Crippen LogP contribution in [0.3, 0.4) is 0 Å². The topological polar surface area (TPSA) is 94.7 Å². The van der Waals surface area contributed by atoms with Crippen molar-refractivity contribution in [3.8, 4) is 34.3 Å². The summed E-state index contributed by atoms with van der Waals surface area (Å²) in [4.78, 5) is 15.0. The molecule has 3 aromatic rings. The molecule has 0 radical (unpaired) electrons. The number of carboxylic acids is 1. The largest absolute Gasteiger partial charge is 0.494 e. The van der Waals surface area contributed by atoms with Crippen LogP contribution < -0.4 is 9.47 Å². The van der Waals surface area contributed by atoms with Crippen molar-refractivity contribution in [2.24, 2.45) is 0 Å². The van der Waals surface area contributed by atoms with Gasteiger partial charge in [0.25, 0.3) is 5.89 Å². The number of benzene rings is 2. The van der Waals surface area contributed by atoms with Gasteiger partial charge in [-0.1, -0.05) is 16.8 Å². The van der Waals surface area contributed by atoms with Crippen LogP contribution in [0.15, 0.2) is 40.9 Å². The van der Waals surface area contributed by atoms with Gasteiger partial charge in [-0.3, -0.25) is 4.79 Å². The SMILES string of the molecule is Cc1cc(OCCCC(=O)O)ccc1-c1noc(-c2ccc(OC(C)C)c(Cl)c2)n1. The van der Waals surface area contributed by atoms with E-state index in [4.69, 9.17) is 30.7 Å². The maximum absolute atomic E-state index is 10.6. The Bertz CT molecular complexity index is 1030. The van der Waals surface area contributed by atoms with Crippen molar-refractivity contribution in [2.45, 2.75) is 39.7 Å². The van der Waals surface area contributed by atoms with E-state index in [1.54, 1.807) is 18.2 Å². The highest BCUT2D eigenvalue weighted by Crippen LogP contribution is 2.32. The molecule has 0 atom stereocenters. The molecule has 0 aliphatic rings. The summed E-state index contributed by atoms with van der Waals surface area (Å²) in [5, 5.41) is 13.2. The normalized spacial score (nSPS) is 11.0. The summed E-state index contributed by atoms with van der Waals surface area (Å²) in [6.07, 6.45) is 0.556. The Morgan fingerprint density at radius 2 is 2.03 bits per heavy atom. The summed E-state index contributed by atoms with van der Waals surface area (Å²) in [7, 11) is 0. The van der Waals surface area contributed by atoms with Crippen LogP contribution in [-0.2, 0) is 4.79 Å². The monoisotopic (exact) mass is 430 g/mol. The Labute approximate surface area is 179 Å². The van der Waals surface area contributed by atoms with Gasteiger partial charge < -0.3 is 19.1 Å². The number of aliphatic carboxylic acids is 1. The summed E-state index contributed by atoms with van der Waals surface area (Å²) in [6, 6.07) is 10.8. The number of nitrogens with zero attached hydrogens (tertiary/aromatic N) is 2. The van der Waals surface area contributed by atoms with Crippen LogP contribution >= 0.6 is 11.6 Å². The average Bonchev–Trinajstić information content (AvgIpc) is 3.16. The molecule has 158 valence electrons. The van der Waals surface area contributed by atoms with Crippen LogP contribution in [0.4, 0.5) is 0 Å². The predicted octanol–water partition coefficient (Wildman–Crippen LogP) is 5.40. The van der Waals surface area contributed by atoms with Crippen LogP contribution in [0.5, 0.6) is 11.5 Å². The molecule has 0 bridgehead atoms. The minimum Gasteiger partial charge on any atom is -0.494 e. The van der Waals surface area contributed by atoms with Gasteiger partial charge in [0.2, 0.25) is 5.82 Å². The average molecular weight is 431 g/mol. The first-order chi connectivity index (χ1) is 14.3. The van der Waals surface area contributed by atoms with Gasteiger partial charge in [0.05, 0.1) is 17.7 Å². The summed E-state index contributed by atoms with van der Waals surface area (Å²) in [6.45, 7) is 6.13. The highest BCUT2D eigenvalue weighted by Gasteiger charge is 2.15. The molecule has 0 aliphatic carbocycles. The fourth-order valence-electron chi connectivity index (χ4n) is 2.82. The highest BCUT2D eigenvalue weighted by atomic mass is 35.5. The fraction of sp³-hybridized carbons (Fsp3) is 0.318. The van der Waals surface area contributed by atoms with E-state index in [2.05, 4.69) is 10.1 Å². The van der Waals surface area contributed by atoms with Gasteiger partial charge in [-0.2, -0.15) is 4.98 Å². The Balaban J connectivity index is 1.73. The van der Waals surface area contributed by atoms with Gasteiger partial charge in [-0.25, -0.2) is 0 Å². The minimum absolute atomic E-state index is 0.0236. The molecule has 0 fully saturated rings. The second-order valence-electron chi connectivity index (χ2n) is 7.06. The van der Waals surface area contributed by atoms with Gasteiger partial charge in [0, 0.05) is 17.5 Å². The van der Waals surface area contributed by atoms with Crippen molar-refractivity contribution < 1.29 is 23.9 Å². The van der Waals surface area contributed by atoms with Gasteiger partial charge in [-0.15, -0.1) is 0 Å². The first-order valence-electron chi connectivity index (χ1n) is 9.59. The van der Waals surface area contributed by atoms with Crippen molar-refractivity contribution in [1.82, 2.24) is 10.1 Å². The molecule has 30 heavy (non-hydrogen) atoms. The maximum atomic E-state index is 10.6. The number of hydrogen-bond acceptors (Lipinski definition) is 6. The number of carbonyl (C=O) groups is 1. The van der Waals surface area contributed by atoms with Crippen molar-refractivity contribution >= 4 is 17.6 Å². The third-order valence-corrected chi connectivity index (χ3v) is 4.51. The lowest BCUT2D eigenvalue weighted by Gasteiger charge is -2.11. The number of aromatic nitrogens is 2. The summed E-state index contributed by atoms with van der Waals surface area (Å²) < 4.78 is 16.7. The molecule has 0 saturated carbocycles. The van der Waals surface area contributed by atoms with Gasteiger partial charge in [0.1, 0.15) is 11.5 Å². The van der Waals surface area contributed by atoms with E-state index >= 15 is 0 Å². The summed E-state index contributed by atoms with van der Waals surface area (Å²) >= 11 is 6.30. The lowest BCUT2D eigenvalue weighted by Crippen LogP contribution is -2.05. The molecule has 0 aliphatic heterocycles. The molecule has 1 aromatic heterocycles. The number of hydrogen-bond donors (Lipinski definition) is 1. The number of carboxylic acid groups (broad SMARTS) is 1. The summed E-state index contributed by atoms with van der Waals surface area (Å²) in [5.41, 5.74) is 2.43. The molecule has 0 amide bonds. The quantitative estimate of drug-likeness (QED) is 0.454. The summed E-state index contributed by atoms with van der Waals surface area (Å²) in [5.74, 6) is 1.25.